The number of anilines is 2. The molecular formula is C29H27F3N4O3S. The number of amides is 2. The normalized spacial score (nSPS) is 11.1. The summed E-state index contributed by atoms with van der Waals surface area (Å²) < 4.78 is 44.1. The van der Waals surface area contributed by atoms with Crippen LogP contribution in [0.1, 0.15) is 33.6 Å². The summed E-state index contributed by atoms with van der Waals surface area (Å²) in [5, 5.41) is 7.99. The minimum absolute atomic E-state index is 0.0291. The van der Waals surface area contributed by atoms with Gasteiger partial charge in [0.15, 0.2) is 5.13 Å². The fourth-order valence-corrected chi connectivity index (χ4v) is 4.53. The first kappa shape index (κ1) is 28.6. The molecule has 1 aromatic heterocycles. The van der Waals surface area contributed by atoms with E-state index in [4.69, 9.17) is 4.74 Å². The topological polar surface area (TPSA) is 83.6 Å². The van der Waals surface area contributed by atoms with Crippen molar-refractivity contribution in [3.8, 4) is 5.75 Å². The van der Waals surface area contributed by atoms with Gasteiger partial charge in [0, 0.05) is 37.1 Å². The van der Waals surface area contributed by atoms with Crippen LogP contribution in [-0.2, 0) is 24.1 Å². The molecule has 0 radical (unpaired) electrons. The standard InChI is InChI=1S/C29H27F3N4O3S/c1-39-24-12-10-23(11-13-24)34-28-35-25(19-40-28)27(38)36(18-20-6-3-2-4-7-20)15-14-26(37)33-17-21-8-5-9-22(16-21)29(30,31)32/h2-13,16,19H,14-15,17-18H2,1H3,(H,33,37)(H,34,35). The van der Waals surface area contributed by atoms with Gasteiger partial charge < -0.3 is 20.3 Å². The first-order chi connectivity index (χ1) is 19.2. The lowest BCUT2D eigenvalue weighted by atomic mass is 10.1. The number of benzene rings is 3. The molecule has 0 atom stereocenters. The van der Waals surface area contributed by atoms with Crippen molar-refractivity contribution >= 4 is 34.0 Å². The summed E-state index contributed by atoms with van der Waals surface area (Å²) >= 11 is 1.28. The molecule has 0 aliphatic heterocycles. The molecule has 0 unspecified atom stereocenters. The molecular weight excluding hydrogens is 541 g/mol. The smallest absolute Gasteiger partial charge is 0.416 e. The molecule has 0 aliphatic carbocycles. The Kier molecular flexibility index (Phi) is 9.39. The van der Waals surface area contributed by atoms with Crippen molar-refractivity contribution in [2.75, 3.05) is 19.0 Å². The van der Waals surface area contributed by atoms with Gasteiger partial charge in [0.2, 0.25) is 5.91 Å². The van der Waals surface area contributed by atoms with Crippen LogP contribution in [0.2, 0.25) is 0 Å². The number of halogens is 3. The van der Waals surface area contributed by atoms with Crippen LogP contribution in [-0.4, -0.2) is 35.4 Å². The molecule has 0 spiro atoms. The predicted molar refractivity (Wildman–Crippen MR) is 147 cm³/mol. The van der Waals surface area contributed by atoms with Crippen molar-refractivity contribution in [3.05, 3.63) is 107 Å². The molecule has 2 N–H and O–H groups in total. The van der Waals surface area contributed by atoms with Gasteiger partial charge in [0.25, 0.3) is 5.91 Å². The maximum atomic E-state index is 13.4. The predicted octanol–water partition coefficient (Wildman–Crippen LogP) is 6.26. The second-order valence-electron chi connectivity index (χ2n) is 8.83. The van der Waals surface area contributed by atoms with Gasteiger partial charge in [0.05, 0.1) is 12.7 Å². The van der Waals surface area contributed by atoms with Gasteiger partial charge in [-0.3, -0.25) is 9.59 Å². The molecule has 4 rings (SSSR count). The molecule has 40 heavy (non-hydrogen) atoms. The highest BCUT2D eigenvalue weighted by atomic mass is 32.1. The zero-order chi connectivity index (χ0) is 28.5. The molecule has 1 heterocycles. The summed E-state index contributed by atoms with van der Waals surface area (Å²) in [5.41, 5.74) is 1.46. The summed E-state index contributed by atoms with van der Waals surface area (Å²) in [5.74, 6) is -0.00653. The van der Waals surface area contributed by atoms with E-state index in [0.717, 1.165) is 29.1 Å². The lowest BCUT2D eigenvalue weighted by Gasteiger charge is -2.22. The van der Waals surface area contributed by atoms with E-state index in [1.165, 1.54) is 28.4 Å². The maximum absolute atomic E-state index is 13.4. The number of rotatable bonds is 11. The van der Waals surface area contributed by atoms with Gasteiger partial charge >= 0.3 is 6.18 Å². The Morgan fingerprint density at radius 1 is 0.975 bits per heavy atom. The molecule has 0 aliphatic rings. The molecule has 0 fully saturated rings. The van der Waals surface area contributed by atoms with E-state index in [1.54, 1.807) is 12.5 Å². The highest BCUT2D eigenvalue weighted by Gasteiger charge is 2.30. The van der Waals surface area contributed by atoms with E-state index in [0.29, 0.717) is 10.7 Å². The molecule has 2 amide bonds. The summed E-state index contributed by atoms with van der Waals surface area (Å²) in [6, 6.07) is 21.4. The second-order valence-corrected chi connectivity index (χ2v) is 9.69. The lowest BCUT2D eigenvalue weighted by Crippen LogP contribution is -2.35. The first-order valence-electron chi connectivity index (χ1n) is 12.3. The first-order valence-corrected chi connectivity index (χ1v) is 13.2. The number of nitrogens with one attached hydrogen (secondary N) is 2. The van der Waals surface area contributed by atoms with Crippen LogP contribution in [0.4, 0.5) is 24.0 Å². The molecule has 208 valence electrons. The molecule has 0 saturated carbocycles. The SMILES string of the molecule is COc1ccc(Nc2nc(C(=O)N(CCC(=O)NCc3cccc(C(F)(F)F)c3)Cc3ccccc3)cs2)cc1. The third-order valence-electron chi connectivity index (χ3n) is 5.92. The van der Waals surface area contributed by atoms with E-state index in [9.17, 15) is 22.8 Å². The van der Waals surface area contributed by atoms with Crippen LogP contribution in [0.3, 0.4) is 0 Å². The summed E-state index contributed by atoms with van der Waals surface area (Å²) in [7, 11) is 1.59. The third-order valence-corrected chi connectivity index (χ3v) is 6.68. The zero-order valence-electron chi connectivity index (χ0n) is 21.6. The Morgan fingerprint density at radius 2 is 1.70 bits per heavy atom. The monoisotopic (exact) mass is 568 g/mol. The number of nitrogens with zero attached hydrogens (tertiary/aromatic N) is 2. The summed E-state index contributed by atoms with van der Waals surface area (Å²) in [6.45, 7) is 0.308. The molecule has 7 nitrogen and oxygen atoms in total. The minimum Gasteiger partial charge on any atom is -0.497 e. The molecule has 11 heteroatoms. The Morgan fingerprint density at radius 3 is 2.40 bits per heavy atom. The highest BCUT2D eigenvalue weighted by molar-refractivity contribution is 7.14. The van der Waals surface area contributed by atoms with Crippen molar-refractivity contribution in [2.45, 2.75) is 25.7 Å². The number of alkyl halides is 3. The van der Waals surface area contributed by atoms with Crippen LogP contribution in [0.15, 0.2) is 84.2 Å². The van der Waals surface area contributed by atoms with Gasteiger partial charge in [-0.05, 0) is 47.5 Å². The van der Waals surface area contributed by atoms with E-state index in [2.05, 4.69) is 15.6 Å². The van der Waals surface area contributed by atoms with E-state index in [-0.39, 0.29) is 43.6 Å². The number of ether oxygens (including phenoxy) is 1. The van der Waals surface area contributed by atoms with E-state index >= 15 is 0 Å². The summed E-state index contributed by atoms with van der Waals surface area (Å²) in [4.78, 5) is 31.9. The van der Waals surface area contributed by atoms with Crippen molar-refractivity contribution in [1.29, 1.82) is 0 Å². The van der Waals surface area contributed by atoms with Crippen molar-refractivity contribution < 1.29 is 27.5 Å². The number of hydrogen-bond donors (Lipinski definition) is 2. The number of carbonyl (C=O) groups excluding carboxylic acids is 2. The Labute approximate surface area is 233 Å². The minimum atomic E-state index is -4.46. The number of hydrogen-bond acceptors (Lipinski definition) is 6. The van der Waals surface area contributed by atoms with Gasteiger partial charge in [0.1, 0.15) is 11.4 Å². The van der Waals surface area contributed by atoms with E-state index in [1.807, 2.05) is 54.6 Å². The number of carbonyl (C=O) groups is 2. The van der Waals surface area contributed by atoms with Crippen LogP contribution in [0.25, 0.3) is 0 Å². The van der Waals surface area contributed by atoms with Crippen LogP contribution >= 0.6 is 11.3 Å². The Bertz CT molecular complexity index is 1430. The zero-order valence-corrected chi connectivity index (χ0v) is 22.4. The van der Waals surface area contributed by atoms with Crippen LogP contribution in [0, 0.1) is 0 Å². The number of methoxy groups -OCH3 is 1. The molecule has 3 aromatic carbocycles. The third kappa shape index (κ3) is 8.06. The van der Waals surface area contributed by atoms with E-state index < -0.39 is 11.7 Å². The van der Waals surface area contributed by atoms with Gasteiger partial charge in [-0.15, -0.1) is 11.3 Å². The largest absolute Gasteiger partial charge is 0.497 e. The number of aromatic nitrogens is 1. The second kappa shape index (κ2) is 13.1. The highest BCUT2D eigenvalue weighted by Crippen LogP contribution is 2.29. The summed E-state index contributed by atoms with van der Waals surface area (Å²) in [6.07, 6.45) is -4.49. The number of thiazole rings is 1. The van der Waals surface area contributed by atoms with Gasteiger partial charge in [-0.25, -0.2) is 4.98 Å². The van der Waals surface area contributed by atoms with Gasteiger partial charge in [-0.1, -0.05) is 42.5 Å². The Hall–Kier alpha value is -4.38. The average molecular weight is 569 g/mol. The van der Waals surface area contributed by atoms with Crippen LogP contribution < -0.4 is 15.4 Å². The maximum Gasteiger partial charge on any atom is 0.416 e. The quantitative estimate of drug-likeness (QED) is 0.223. The average Bonchev–Trinajstić information content (AvgIpc) is 3.43. The lowest BCUT2D eigenvalue weighted by molar-refractivity contribution is -0.137. The molecule has 4 aromatic rings. The van der Waals surface area contributed by atoms with Crippen LogP contribution in [0.5, 0.6) is 5.75 Å². The fourth-order valence-electron chi connectivity index (χ4n) is 3.83. The molecule has 0 saturated heterocycles. The van der Waals surface area contributed by atoms with Crippen molar-refractivity contribution in [2.24, 2.45) is 0 Å². The van der Waals surface area contributed by atoms with Crippen molar-refractivity contribution in [3.63, 3.8) is 0 Å². The molecule has 0 bridgehead atoms. The fraction of sp³-hybridized carbons (Fsp3) is 0.207. The Balaban J connectivity index is 1.39. The van der Waals surface area contributed by atoms with Gasteiger partial charge in [-0.2, -0.15) is 13.2 Å². The van der Waals surface area contributed by atoms with Crippen molar-refractivity contribution in [1.82, 2.24) is 15.2 Å².